The van der Waals surface area contributed by atoms with Crippen LogP contribution in [0.3, 0.4) is 0 Å². The predicted octanol–water partition coefficient (Wildman–Crippen LogP) is 4.13. The van der Waals surface area contributed by atoms with E-state index in [1.165, 1.54) is 64.2 Å². The molecule has 0 aromatic carbocycles. The van der Waals surface area contributed by atoms with E-state index in [9.17, 15) is 13.0 Å². The molecule has 0 aromatic rings. The molecule has 3 saturated carbocycles. The number of rotatable bonds is 7. The van der Waals surface area contributed by atoms with E-state index in [0.717, 1.165) is 19.3 Å². The van der Waals surface area contributed by atoms with Gasteiger partial charge in [-0.25, -0.2) is 8.42 Å². The number of hydrogen-bond acceptors (Lipinski definition) is 6. The van der Waals surface area contributed by atoms with Gasteiger partial charge in [0.05, 0.1) is 22.3 Å². The molecule has 1 aliphatic heterocycles. The van der Waals surface area contributed by atoms with Crippen molar-refractivity contribution in [2.45, 2.75) is 114 Å². The minimum atomic E-state index is -4.18. The molecule has 0 bridgehead atoms. The summed E-state index contributed by atoms with van der Waals surface area (Å²) in [7, 11) is -4.18. The van der Waals surface area contributed by atoms with Crippen molar-refractivity contribution in [1.82, 2.24) is 0 Å². The van der Waals surface area contributed by atoms with Crippen molar-refractivity contribution < 1.29 is 27.2 Å². The molecule has 0 radical (unpaired) electrons. The molecule has 0 spiro atoms. The molecular weight excluding hydrogens is 392 g/mol. The Morgan fingerprint density at radius 3 is 2.03 bits per heavy atom. The van der Waals surface area contributed by atoms with Crippen molar-refractivity contribution in [2.24, 2.45) is 11.8 Å². The fraction of sp³-hybridized carbons (Fsp3) is 1.00. The van der Waals surface area contributed by atoms with Gasteiger partial charge in [-0.3, -0.25) is 0 Å². The first kappa shape index (κ1) is 22.0. The third-order valence-electron chi connectivity index (χ3n) is 7.59. The van der Waals surface area contributed by atoms with Crippen LogP contribution in [0.2, 0.25) is 0 Å². The van der Waals surface area contributed by atoms with Gasteiger partial charge in [0.25, 0.3) is 0 Å². The summed E-state index contributed by atoms with van der Waals surface area (Å²) in [6.45, 7) is 0.290. The van der Waals surface area contributed by atoms with Crippen LogP contribution in [0.4, 0.5) is 0 Å². The largest absolute Gasteiger partial charge is 0.748 e. The summed E-state index contributed by atoms with van der Waals surface area (Å²) in [5, 5.41) is 0. The lowest BCUT2D eigenvalue weighted by atomic mass is 9.72. The van der Waals surface area contributed by atoms with Gasteiger partial charge in [0.2, 0.25) is 0 Å². The molecule has 1 saturated heterocycles. The van der Waals surface area contributed by atoms with Crippen molar-refractivity contribution in [3.63, 3.8) is 0 Å². The van der Waals surface area contributed by atoms with Gasteiger partial charge in [0.15, 0.2) is 5.79 Å². The van der Waals surface area contributed by atoms with Crippen LogP contribution in [0.5, 0.6) is 0 Å². The fourth-order valence-electron chi connectivity index (χ4n) is 6.22. The van der Waals surface area contributed by atoms with Gasteiger partial charge in [-0.05, 0) is 51.4 Å². The first-order valence-electron chi connectivity index (χ1n) is 11.9. The van der Waals surface area contributed by atoms with Crippen LogP contribution in [0.15, 0.2) is 0 Å². The lowest BCUT2D eigenvalue weighted by Gasteiger charge is -2.45. The van der Waals surface area contributed by atoms with Crippen LogP contribution >= 0.6 is 0 Å². The van der Waals surface area contributed by atoms with Crippen molar-refractivity contribution in [3.8, 4) is 0 Å². The Bertz CT molecular complexity index is 605. The molecular formula is C22H37O6S-. The fourth-order valence-corrected chi connectivity index (χ4v) is 6.69. The van der Waals surface area contributed by atoms with E-state index in [-0.39, 0.29) is 30.5 Å². The van der Waals surface area contributed by atoms with Crippen LogP contribution in [0.25, 0.3) is 0 Å². The second-order valence-electron chi connectivity index (χ2n) is 9.59. The monoisotopic (exact) mass is 429 g/mol. The van der Waals surface area contributed by atoms with E-state index in [2.05, 4.69) is 0 Å². The molecule has 0 N–H and O–H groups in total. The van der Waals surface area contributed by atoms with E-state index in [0.29, 0.717) is 18.4 Å². The average Bonchev–Trinajstić information content (AvgIpc) is 3.13. The molecule has 0 aromatic heterocycles. The molecule has 4 rings (SSSR count). The molecule has 4 aliphatic rings. The van der Waals surface area contributed by atoms with Gasteiger partial charge in [-0.1, -0.05) is 38.5 Å². The summed E-state index contributed by atoms with van der Waals surface area (Å²) in [4.78, 5) is 0. The number of fused-ring (bicyclic) bond motifs is 1. The summed E-state index contributed by atoms with van der Waals surface area (Å²) in [6.07, 6.45) is 15.7. The zero-order chi connectivity index (χ0) is 20.3. The zero-order valence-electron chi connectivity index (χ0n) is 17.6. The van der Waals surface area contributed by atoms with Gasteiger partial charge in [-0.2, -0.15) is 0 Å². The summed E-state index contributed by atoms with van der Waals surface area (Å²) < 4.78 is 52.4. The van der Waals surface area contributed by atoms with Crippen molar-refractivity contribution >= 4 is 10.1 Å². The van der Waals surface area contributed by atoms with Crippen LogP contribution in [0, 0.1) is 11.8 Å². The molecule has 6 nitrogen and oxygen atoms in total. The first-order valence-corrected chi connectivity index (χ1v) is 13.5. The molecule has 1 heterocycles. The highest BCUT2D eigenvalue weighted by Crippen LogP contribution is 2.52. The Morgan fingerprint density at radius 1 is 0.828 bits per heavy atom. The topological polar surface area (TPSA) is 84.9 Å². The molecule has 29 heavy (non-hydrogen) atoms. The lowest BCUT2D eigenvalue weighted by Crippen LogP contribution is -2.49. The van der Waals surface area contributed by atoms with Crippen molar-refractivity contribution in [3.05, 3.63) is 0 Å². The molecule has 168 valence electrons. The quantitative estimate of drug-likeness (QED) is 0.447. The average molecular weight is 430 g/mol. The highest BCUT2D eigenvalue weighted by Gasteiger charge is 2.58. The van der Waals surface area contributed by atoms with Crippen molar-refractivity contribution in [2.75, 3.05) is 12.4 Å². The minimum Gasteiger partial charge on any atom is -0.748 e. The van der Waals surface area contributed by atoms with Gasteiger partial charge < -0.3 is 18.8 Å². The van der Waals surface area contributed by atoms with E-state index < -0.39 is 15.9 Å². The molecule has 4 fully saturated rings. The maximum Gasteiger partial charge on any atom is 0.174 e. The summed E-state index contributed by atoms with van der Waals surface area (Å²) in [5.74, 6) is 0.159. The zero-order valence-corrected chi connectivity index (χ0v) is 18.4. The van der Waals surface area contributed by atoms with E-state index >= 15 is 0 Å². The van der Waals surface area contributed by atoms with Gasteiger partial charge in [-0.15, -0.1) is 0 Å². The Labute approximate surface area is 175 Å². The smallest absolute Gasteiger partial charge is 0.174 e. The Kier molecular flexibility index (Phi) is 7.22. The SMILES string of the molecule is O=S(=O)([O-])CCCOC1CCCC2OC(C3CCCCC3)(C3CCCCC3)OC12. The minimum absolute atomic E-state index is 0.0582. The summed E-state index contributed by atoms with van der Waals surface area (Å²) in [5.41, 5.74) is 0. The Balaban J connectivity index is 1.45. The van der Waals surface area contributed by atoms with Crippen LogP contribution in [0.1, 0.15) is 89.9 Å². The van der Waals surface area contributed by atoms with Gasteiger partial charge in [0, 0.05) is 24.2 Å². The van der Waals surface area contributed by atoms with Gasteiger partial charge in [0.1, 0.15) is 6.10 Å². The van der Waals surface area contributed by atoms with Crippen molar-refractivity contribution in [1.29, 1.82) is 0 Å². The summed E-state index contributed by atoms with van der Waals surface area (Å²) in [6, 6.07) is 0. The molecule has 7 heteroatoms. The Hall–Kier alpha value is -0.210. The molecule has 3 aliphatic carbocycles. The van der Waals surface area contributed by atoms with Crippen LogP contribution < -0.4 is 0 Å². The van der Waals surface area contributed by atoms with E-state index in [1.807, 2.05) is 0 Å². The standard InChI is InChI=1S/C22H38O6S/c23-29(24,25)16-8-15-26-19-13-7-14-20-21(19)28-22(27-20,17-9-3-1-4-10-17)18-11-5-2-6-12-18/h17-21H,1-16H2,(H,23,24,25)/p-1. The maximum atomic E-state index is 10.8. The highest BCUT2D eigenvalue weighted by molar-refractivity contribution is 7.85. The van der Waals surface area contributed by atoms with E-state index in [1.54, 1.807) is 0 Å². The molecule has 3 unspecified atom stereocenters. The van der Waals surface area contributed by atoms with Crippen LogP contribution in [-0.2, 0) is 24.3 Å². The van der Waals surface area contributed by atoms with Crippen LogP contribution in [-0.4, -0.2) is 49.4 Å². The lowest BCUT2D eigenvalue weighted by molar-refractivity contribution is -0.260. The van der Waals surface area contributed by atoms with E-state index in [4.69, 9.17) is 14.2 Å². The second-order valence-corrected chi connectivity index (χ2v) is 11.1. The number of hydrogen-bond donors (Lipinski definition) is 0. The third-order valence-corrected chi connectivity index (χ3v) is 8.37. The van der Waals surface area contributed by atoms with Gasteiger partial charge >= 0.3 is 0 Å². The third kappa shape index (κ3) is 5.17. The predicted molar refractivity (Wildman–Crippen MR) is 108 cm³/mol. The molecule has 3 atom stereocenters. The second kappa shape index (κ2) is 9.51. The number of ether oxygens (including phenoxy) is 3. The Morgan fingerprint density at radius 2 is 1.45 bits per heavy atom. The molecule has 0 amide bonds. The first-order chi connectivity index (χ1) is 14.0. The summed E-state index contributed by atoms with van der Waals surface area (Å²) >= 11 is 0. The highest BCUT2D eigenvalue weighted by atomic mass is 32.2. The normalized spacial score (nSPS) is 34.2. The maximum absolute atomic E-state index is 10.8.